The zero-order chi connectivity index (χ0) is 23.9. The molecule has 0 amide bonds. The zero-order valence-corrected chi connectivity index (χ0v) is 27.4. The fraction of sp³-hybridized carbons (Fsp3) is 0.958. The molecule has 34 heavy (non-hydrogen) atoms. The molecule has 192 valence electrons. The van der Waals surface area contributed by atoms with Crippen LogP contribution < -0.4 is 69.1 Å². The predicted octanol–water partition coefficient (Wildman–Crippen LogP) is -0.409. The van der Waals surface area contributed by atoms with Crippen molar-refractivity contribution in [3.8, 4) is 0 Å². The Balaban J connectivity index is -0.00000480. The molecule has 0 aliphatic carbocycles. The maximum absolute atomic E-state index is 11.1. The second kappa shape index (κ2) is 29.1. The van der Waals surface area contributed by atoms with E-state index in [-0.39, 0.29) is 72.3 Å². The Kier molecular flexibility index (Phi) is 34.3. The molecule has 0 aromatic rings. The summed E-state index contributed by atoms with van der Waals surface area (Å²) in [5, 5.41) is 10.4. The summed E-state index contributed by atoms with van der Waals surface area (Å²) >= 11 is 0. The molecule has 0 N–H and O–H groups in total. The topological polar surface area (TPSA) is 108 Å². The first kappa shape index (κ1) is 40.0. The molecule has 0 bridgehead atoms. The van der Waals surface area contributed by atoms with Gasteiger partial charge in [0, 0.05) is 13.2 Å². The molecule has 0 aromatic carbocycles. The summed E-state index contributed by atoms with van der Waals surface area (Å²) in [4.78, 5) is 21.6. The first-order valence-corrected chi connectivity index (χ1v) is 14.3. The van der Waals surface area contributed by atoms with Crippen LogP contribution in [0.3, 0.4) is 0 Å². The molecule has 0 saturated heterocycles. The minimum atomic E-state index is -5.00. The number of ether oxygens (including phenoxy) is 2. The number of hydrogen-bond donors (Lipinski definition) is 0. The summed E-state index contributed by atoms with van der Waals surface area (Å²) in [6, 6.07) is 0. The van der Waals surface area contributed by atoms with Gasteiger partial charge in [-0.15, -0.1) is 0 Å². The van der Waals surface area contributed by atoms with Gasteiger partial charge in [-0.2, -0.15) is 0 Å². The van der Waals surface area contributed by atoms with E-state index in [1.54, 1.807) is 6.92 Å². The minimum Gasteiger partial charge on any atom is -0.774 e. The summed E-state index contributed by atoms with van der Waals surface area (Å²) in [6.07, 6.45) is 20.4. The van der Waals surface area contributed by atoms with Crippen LogP contribution >= 0.6 is 7.60 Å². The molecule has 1 unspecified atom stereocenters. The molecule has 0 saturated carbocycles. The van der Waals surface area contributed by atoms with Crippen LogP contribution in [0.25, 0.3) is 0 Å². The summed E-state index contributed by atoms with van der Waals surface area (Å²) in [5.74, 6) is 0. The van der Waals surface area contributed by atoms with Crippen molar-refractivity contribution in [1.82, 2.24) is 0 Å². The van der Waals surface area contributed by atoms with Crippen molar-refractivity contribution in [2.75, 3.05) is 26.4 Å². The third-order valence-corrected chi connectivity index (χ3v) is 6.44. The van der Waals surface area contributed by atoms with Crippen LogP contribution in [0, 0.1) is 0 Å². The second-order valence-electron chi connectivity index (χ2n) is 8.51. The van der Waals surface area contributed by atoms with Crippen LogP contribution in [0.1, 0.15) is 117 Å². The van der Waals surface area contributed by atoms with Crippen molar-refractivity contribution in [2.45, 2.75) is 123 Å². The summed E-state index contributed by atoms with van der Waals surface area (Å²) in [5.41, 5.74) is -2.22. The average molecular weight is 525 g/mol. The molecular weight excluding hydrogens is 477 g/mol. The van der Waals surface area contributed by atoms with Gasteiger partial charge in [-0.25, -0.2) is 0 Å². The minimum absolute atomic E-state index is 0. The molecule has 7 nitrogen and oxygen atoms in total. The molecule has 0 aromatic heterocycles. The molecule has 0 rings (SSSR count). The Hall–Kier alpha value is 1.54. The third kappa shape index (κ3) is 26.6. The number of rotatable bonds is 25. The number of unbranched alkanes of at least 4 members (excludes halogenated alkanes) is 15. The Morgan fingerprint density at radius 3 is 1.53 bits per heavy atom. The van der Waals surface area contributed by atoms with E-state index < -0.39 is 19.4 Å². The van der Waals surface area contributed by atoms with Gasteiger partial charge in [-0.3, -0.25) is 0 Å². The summed E-state index contributed by atoms with van der Waals surface area (Å²) in [7, 11) is -5.00. The van der Waals surface area contributed by atoms with Crippen molar-refractivity contribution < 1.29 is 92.5 Å². The standard InChI is InChI=1S/C24H49O7P.2Na/c1-3-5-6-7-8-9-10-11-12-13-14-15-16-17-18-19-20-29-21-23(30-4-2)22-31-32(27,28)24(25)26;;/h23H,3-22H2,1-2H3,(H,25,26)(H,27,28);;/q;2*+1/p-2/t23-;;/m1../s1. The van der Waals surface area contributed by atoms with E-state index >= 15 is 0 Å². The maximum Gasteiger partial charge on any atom is 1.00 e. The first-order valence-electron chi connectivity index (χ1n) is 12.8. The molecule has 0 radical (unpaired) electrons. The van der Waals surface area contributed by atoms with Gasteiger partial charge in [0.2, 0.25) is 0 Å². The van der Waals surface area contributed by atoms with Gasteiger partial charge in [-0.1, -0.05) is 103 Å². The number of carbonyl (C=O) groups is 1. The normalized spacial score (nSPS) is 13.5. The molecule has 0 aliphatic rings. The van der Waals surface area contributed by atoms with Gasteiger partial charge < -0.3 is 33.4 Å². The molecular formula is C24H47Na2O7P. The van der Waals surface area contributed by atoms with Gasteiger partial charge in [0.1, 0.15) is 11.8 Å². The van der Waals surface area contributed by atoms with E-state index in [9.17, 15) is 19.4 Å². The van der Waals surface area contributed by atoms with Crippen LogP contribution in [0.5, 0.6) is 0 Å². The van der Waals surface area contributed by atoms with E-state index in [1.807, 2.05) is 0 Å². The van der Waals surface area contributed by atoms with E-state index in [1.165, 1.54) is 89.9 Å². The van der Waals surface area contributed by atoms with Crippen LogP contribution in [-0.2, 0) is 18.6 Å². The van der Waals surface area contributed by atoms with Crippen LogP contribution in [0.2, 0.25) is 0 Å². The Morgan fingerprint density at radius 1 is 0.735 bits per heavy atom. The van der Waals surface area contributed by atoms with E-state index in [0.717, 1.165) is 12.8 Å². The predicted molar refractivity (Wildman–Crippen MR) is 125 cm³/mol. The van der Waals surface area contributed by atoms with Crippen LogP contribution in [0.15, 0.2) is 0 Å². The molecule has 10 heteroatoms. The van der Waals surface area contributed by atoms with E-state index in [2.05, 4.69) is 11.4 Å². The van der Waals surface area contributed by atoms with Crippen LogP contribution in [-0.4, -0.2) is 38.2 Å². The molecule has 0 aliphatic heterocycles. The smallest absolute Gasteiger partial charge is 0.774 e. The quantitative estimate of drug-likeness (QED) is 0.0908. The fourth-order valence-corrected chi connectivity index (χ4v) is 4.05. The van der Waals surface area contributed by atoms with Gasteiger partial charge in [-0.05, 0) is 13.3 Å². The van der Waals surface area contributed by atoms with Crippen molar-refractivity contribution in [3.63, 3.8) is 0 Å². The average Bonchev–Trinajstić information content (AvgIpc) is 2.76. The van der Waals surface area contributed by atoms with E-state index in [0.29, 0.717) is 13.2 Å². The third-order valence-electron chi connectivity index (χ3n) is 5.50. The largest absolute Gasteiger partial charge is 1.00 e. The summed E-state index contributed by atoms with van der Waals surface area (Å²) < 4.78 is 26.4. The van der Waals surface area contributed by atoms with Gasteiger partial charge >= 0.3 is 59.1 Å². The fourth-order valence-electron chi connectivity index (χ4n) is 3.58. The molecule has 0 heterocycles. The number of carbonyl (C=O) groups excluding carboxylic acids is 1. The van der Waals surface area contributed by atoms with Gasteiger partial charge in [0.15, 0.2) is 7.60 Å². The SMILES string of the molecule is CCCCCCCCCCCCCCCCCCOC[C@H](COP(=O)([O-])C(=O)[O-])OCC.[Na+].[Na+]. The monoisotopic (exact) mass is 524 g/mol. The second-order valence-corrected chi connectivity index (χ2v) is 10.1. The Morgan fingerprint density at radius 2 is 1.15 bits per heavy atom. The van der Waals surface area contributed by atoms with Crippen molar-refractivity contribution in [3.05, 3.63) is 0 Å². The maximum atomic E-state index is 11.1. The summed E-state index contributed by atoms with van der Waals surface area (Å²) in [6.45, 7) is 4.72. The van der Waals surface area contributed by atoms with Crippen molar-refractivity contribution in [1.29, 1.82) is 0 Å². The zero-order valence-electron chi connectivity index (χ0n) is 22.5. The molecule has 0 spiro atoms. The van der Waals surface area contributed by atoms with Crippen molar-refractivity contribution >= 4 is 13.3 Å². The van der Waals surface area contributed by atoms with Gasteiger partial charge in [0.25, 0.3) is 0 Å². The van der Waals surface area contributed by atoms with Gasteiger partial charge in [0.05, 0.1) is 13.2 Å². The van der Waals surface area contributed by atoms with Crippen LogP contribution in [0.4, 0.5) is 4.79 Å². The van der Waals surface area contributed by atoms with Crippen molar-refractivity contribution in [2.24, 2.45) is 0 Å². The van der Waals surface area contributed by atoms with E-state index in [4.69, 9.17) is 9.47 Å². The number of carboxylic acid groups (broad SMARTS) is 1. The Bertz CT molecular complexity index is 484. The molecule has 2 atom stereocenters. The number of hydrogen-bond acceptors (Lipinski definition) is 7. The first-order chi connectivity index (χ1) is 15.4. The Labute approximate surface area is 253 Å². The molecule has 0 fully saturated rings.